The highest BCUT2D eigenvalue weighted by Gasteiger charge is 2.34. The van der Waals surface area contributed by atoms with Gasteiger partial charge in [0.2, 0.25) is 0 Å². The van der Waals surface area contributed by atoms with Crippen LogP contribution in [0.4, 0.5) is 16.2 Å². The molecule has 0 radical (unpaired) electrons. The van der Waals surface area contributed by atoms with Crippen molar-refractivity contribution in [1.29, 1.82) is 0 Å². The van der Waals surface area contributed by atoms with Crippen molar-refractivity contribution in [2.45, 2.75) is 57.1 Å². The lowest BCUT2D eigenvalue weighted by Gasteiger charge is -2.36. The molecule has 1 unspecified atom stereocenters. The van der Waals surface area contributed by atoms with E-state index in [0.717, 1.165) is 60.4 Å². The van der Waals surface area contributed by atoms with Gasteiger partial charge in [0.25, 0.3) is 0 Å². The summed E-state index contributed by atoms with van der Waals surface area (Å²) in [6.45, 7) is 1.81. The molecule has 0 bridgehead atoms. The van der Waals surface area contributed by atoms with Crippen LogP contribution in [0, 0.1) is 0 Å². The third-order valence-corrected chi connectivity index (χ3v) is 8.18. The molecule has 1 aliphatic carbocycles. The average molecular weight is 591 g/mol. The highest BCUT2D eigenvalue weighted by Crippen LogP contribution is 2.32. The van der Waals surface area contributed by atoms with Gasteiger partial charge in [-0.1, -0.05) is 29.8 Å². The fraction of sp³-hybridized carbons (Fsp3) is 0.387. The van der Waals surface area contributed by atoms with Gasteiger partial charge in [0, 0.05) is 32.0 Å². The molecule has 3 N–H and O–H groups in total. The molecule has 11 heteroatoms. The van der Waals surface area contributed by atoms with Crippen molar-refractivity contribution < 1.29 is 19.0 Å². The minimum Gasteiger partial charge on any atom is -0.497 e. The normalized spacial score (nSPS) is 19.9. The van der Waals surface area contributed by atoms with E-state index in [9.17, 15) is 4.79 Å². The van der Waals surface area contributed by atoms with Crippen LogP contribution in [0.5, 0.6) is 5.75 Å². The third-order valence-electron chi connectivity index (χ3n) is 7.99. The summed E-state index contributed by atoms with van der Waals surface area (Å²) in [5, 5.41) is 3.37. The molecule has 3 heterocycles. The number of carbonyl (C=O) groups is 1. The summed E-state index contributed by atoms with van der Waals surface area (Å²) in [7, 11) is 3.60. The van der Waals surface area contributed by atoms with Crippen LogP contribution in [0.3, 0.4) is 0 Å². The molecule has 2 aliphatic rings. The predicted octanol–water partition coefficient (Wildman–Crippen LogP) is 5.47. The van der Waals surface area contributed by atoms with Gasteiger partial charge in [-0.15, -0.1) is 0 Å². The molecule has 6 rings (SSSR count). The molecule has 0 spiro atoms. The molecule has 42 heavy (non-hydrogen) atoms. The van der Waals surface area contributed by atoms with E-state index < -0.39 is 0 Å². The number of nitrogens with one attached hydrogen (secondary N) is 1. The predicted molar refractivity (Wildman–Crippen MR) is 162 cm³/mol. The van der Waals surface area contributed by atoms with Gasteiger partial charge >= 0.3 is 6.03 Å². The van der Waals surface area contributed by atoms with E-state index in [4.69, 9.17) is 31.5 Å². The van der Waals surface area contributed by atoms with Gasteiger partial charge in [-0.05, 0) is 66.6 Å². The molecule has 2 fully saturated rings. The fourth-order valence-corrected chi connectivity index (χ4v) is 5.78. The molecule has 1 amide bonds. The lowest BCUT2D eigenvalue weighted by Crippen LogP contribution is -2.52. The minimum absolute atomic E-state index is 0.0952. The summed E-state index contributed by atoms with van der Waals surface area (Å²) in [5.74, 6) is 0.799. The van der Waals surface area contributed by atoms with Crippen molar-refractivity contribution in [3.8, 4) is 5.75 Å². The smallest absolute Gasteiger partial charge is 0.328 e. The number of benzene rings is 2. The van der Waals surface area contributed by atoms with Crippen molar-refractivity contribution >= 4 is 40.2 Å². The van der Waals surface area contributed by atoms with E-state index in [0.29, 0.717) is 30.0 Å². The highest BCUT2D eigenvalue weighted by atomic mass is 35.5. The first-order valence-corrected chi connectivity index (χ1v) is 14.6. The van der Waals surface area contributed by atoms with Crippen molar-refractivity contribution in [1.82, 2.24) is 19.9 Å². The Morgan fingerprint density at radius 1 is 1.17 bits per heavy atom. The van der Waals surface area contributed by atoms with Crippen molar-refractivity contribution in [2.75, 3.05) is 31.4 Å². The number of nitrogens with two attached hydrogens (primary N) is 1. The van der Waals surface area contributed by atoms with E-state index in [1.54, 1.807) is 13.2 Å². The number of aromatic nitrogens is 3. The molecular weight excluding hydrogens is 556 g/mol. The Hall–Kier alpha value is -3.86. The third kappa shape index (κ3) is 6.01. The van der Waals surface area contributed by atoms with E-state index >= 15 is 0 Å². The topological polar surface area (TPSA) is 117 Å². The summed E-state index contributed by atoms with van der Waals surface area (Å²) in [6, 6.07) is 15.2. The van der Waals surface area contributed by atoms with E-state index in [-0.39, 0.29) is 29.4 Å². The molecule has 1 saturated heterocycles. The van der Waals surface area contributed by atoms with E-state index in [2.05, 4.69) is 21.4 Å². The zero-order chi connectivity index (χ0) is 29.2. The number of carbonyl (C=O) groups excluding carboxylic acids is 1. The first kappa shape index (κ1) is 28.3. The van der Waals surface area contributed by atoms with Crippen LogP contribution in [0.25, 0.3) is 11.2 Å². The summed E-state index contributed by atoms with van der Waals surface area (Å²) >= 11 is 6.41. The Morgan fingerprint density at radius 2 is 2.00 bits per heavy atom. The Labute approximate surface area is 249 Å². The molecule has 4 aromatic rings. The second-order valence-corrected chi connectivity index (χ2v) is 11.3. The van der Waals surface area contributed by atoms with Gasteiger partial charge < -0.3 is 30.2 Å². The summed E-state index contributed by atoms with van der Waals surface area (Å²) in [4.78, 5) is 24.3. The zero-order valence-corrected chi connectivity index (χ0v) is 24.5. The van der Waals surface area contributed by atoms with E-state index in [1.165, 1.54) is 10.9 Å². The van der Waals surface area contributed by atoms with Crippen LogP contribution in [0.15, 0.2) is 54.9 Å². The van der Waals surface area contributed by atoms with Gasteiger partial charge in [0.1, 0.15) is 22.7 Å². The molecule has 3 atom stereocenters. The summed E-state index contributed by atoms with van der Waals surface area (Å²) in [6.07, 6.45) is 5.24. The lowest BCUT2D eigenvalue weighted by molar-refractivity contribution is -0.0323. The summed E-state index contributed by atoms with van der Waals surface area (Å²) < 4.78 is 18.7. The van der Waals surface area contributed by atoms with Gasteiger partial charge in [-0.25, -0.2) is 19.3 Å². The second kappa shape index (κ2) is 12.2. The van der Waals surface area contributed by atoms with Crippen LogP contribution >= 0.6 is 11.6 Å². The molecular formula is C31H35ClN6O4. The second-order valence-electron chi connectivity index (χ2n) is 10.9. The summed E-state index contributed by atoms with van der Waals surface area (Å²) in [5.41, 5.74) is 11.8. The van der Waals surface area contributed by atoms with Crippen LogP contribution in [-0.2, 0) is 22.6 Å². The number of amides is 1. The molecule has 2 aromatic heterocycles. The Balaban J connectivity index is 1.11. The lowest BCUT2D eigenvalue weighted by atomic mass is 9.89. The van der Waals surface area contributed by atoms with E-state index in [1.807, 2.05) is 48.3 Å². The number of anilines is 2. The fourth-order valence-electron chi connectivity index (χ4n) is 5.59. The quantitative estimate of drug-likeness (QED) is 0.195. The van der Waals surface area contributed by atoms with Crippen LogP contribution in [0.2, 0.25) is 5.15 Å². The van der Waals surface area contributed by atoms with Crippen molar-refractivity contribution in [3.05, 3.63) is 76.7 Å². The first-order chi connectivity index (χ1) is 20.4. The number of methoxy groups -OCH3 is 1. The number of fused-ring (bicyclic) bond motifs is 1. The van der Waals surface area contributed by atoms with Gasteiger partial charge in [-0.3, -0.25) is 0 Å². The number of pyridine rings is 1. The standard InChI is InChI=1S/C31H35ClN6O4/c1-37(16-19-5-7-23(40-2)8-6-19)25-15-28(32)36-30-29(25)34-18-38(30)31(39)35-24-9-10-27(24)42-17-20-12-21(14-22(33)13-20)26-4-3-11-41-26/h5-8,12-15,18,24,26-27H,3-4,9-11,16-17,33H2,1-2H3,(H,35,39)/t24-,26?,27-/m1/s1. The molecule has 10 nitrogen and oxygen atoms in total. The number of hydrogen-bond acceptors (Lipinski definition) is 8. The molecule has 2 aromatic carbocycles. The van der Waals surface area contributed by atoms with Gasteiger partial charge in [0.05, 0.1) is 37.7 Å². The van der Waals surface area contributed by atoms with Gasteiger partial charge in [0.15, 0.2) is 5.65 Å². The Bertz CT molecular complexity index is 1570. The number of imidazole rings is 1. The maximum Gasteiger partial charge on any atom is 0.328 e. The largest absolute Gasteiger partial charge is 0.497 e. The number of nitrogen functional groups attached to an aromatic ring is 1. The molecule has 220 valence electrons. The number of ether oxygens (including phenoxy) is 3. The number of nitrogens with zero attached hydrogens (tertiary/aromatic N) is 4. The molecule has 1 aliphatic heterocycles. The monoisotopic (exact) mass is 590 g/mol. The minimum atomic E-state index is -0.320. The SMILES string of the molecule is COc1ccc(CN(C)c2cc(Cl)nc3c2ncn3C(=O)N[C@@H]2CC[C@H]2OCc2cc(N)cc(C3CCCO3)c2)cc1. The van der Waals surface area contributed by atoms with Crippen molar-refractivity contribution in [3.63, 3.8) is 0 Å². The molecule has 1 saturated carbocycles. The average Bonchev–Trinajstić information content (AvgIpc) is 3.66. The zero-order valence-electron chi connectivity index (χ0n) is 23.8. The highest BCUT2D eigenvalue weighted by molar-refractivity contribution is 6.30. The van der Waals surface area contributed by atoms with Crippen LogP contribution in [-0.4, -0.2) is 53.5 Å². The number of halogens is 1. The first-order valence-electron chi connectivity index (χ1n) is 14.2. The van der Waals surface area contributed by atoms with Crippen molar-refractivity contribution in [2.24, 2.45) is 0 Å². The maximum absolute atomic E-state index is 13.3. The Kier molecular flexibility index (Phi) is 8.19. The maximum atomic E-state index is 13.3. The van der Waals surface area contributed by atoms with Crippen LogP contribution in [0.1, 0.15) is 48.5 Å². The Morgan fingerprint density at radius 3 is 2.71 bits per heavy atom. The van der Waals surface area contributed by atoms with Gasteiger partial charge in [-0.2, -0.15) is 0 Å². The number of hydrogen-bond donors (Lipinski definition) is 2. The number of rotatable bonds is 9. The van der Waals surface area contributed by atoms with Crippen LogP contribution < -0.4 is 20.7 Å².